The van der Waals surface area contributed by atoms with Crippen LogP contribution in [0.2, 0.25) is 0 Å². The Kier molecular flexibility index (Phi) is 7.33. The molecular weight excluding hydrogens is 645 g/mol. The second kappa shape index (κ2) is 12.1. The zero-order valence-electron chi connectivity index (χ0n) is 30.4. The molecule has 0 aliphatic heterocycles. The highest BCUT2D eigenvalue weighted by atomic mass is 15.0. The average Bonchev–Trinajstić information content (AvgIpc) is 3.64. The molecule has 7 aromatic carbocycles. The Morgan fingerprint density at radius 1 is 0.415 bits per heavy atom. The molecule has 0 unspecified atom stereocenters. The van der Waals surface area contributed by atoms with Gasteiger partial charge in [0.05, 0.1) is 56.7 Å². The number of benzene rings is 7. The van der Waals surface area contributed by atoms with Crippen LogP contribution in [0.1, 0.15) is 38.9 Å². The van der Waals surface area contributed by atoms with Crippen LogP contribution in [0, 0.1) is 57.3 Å². The first-order valence-corrected chi connectivity index (χ1v) is 18.0. The molecule has 0 spiro atoms. The molecule has 2 heterocycles. The summed E-state index contributed by atoms with van der Waals surface area (Å²) in [6.07, 6.45) is 0. The molecule has 0 fully saturated rings. The van der Waals surface area contributed by atoms with Crippen LogP contribution in [0.5, 0.6) is 0 Å². The molecule has 4 heteroatoms. The van der Waals surface area contributed by atoms with Crippen molar-refractivity contribution in [2.24, 2.45) is 0 Å². The number of aromatic nitrogens is 2. The Bertz CT molecular complexity index is 2960. The van der Waals surface area contributed by atoms with Gasteiger partial charge in [-0.25, -0.2) is 0 Å². The Morgan fingerprint density at radius 2 is 0.868 bits per heavy atom. The second-order valence-electron chi connectivity index (χ2n) is 14.4. The smallest absolute Gasteiger partial charge is 0.0998 e. The number of hydrogen-bond donors (Lipinski definition) is 0. The van der Waals surface area contributed by atoms with E-state index in [1.54, 1.807) is 0 Å². The van der Waals surface area contributed by atoms with Gasteiger partial charge in [-0.3, -0.25) is 0 Å². The highest BCUT2D eigenvalue weighted by molar-refractivity contribution is 6.13. The van der Waals surface area contributed by atoms with Crippen LogP contribution in [0.4, 0.5) is 0 Å². The Labute approximate surface area is 309 Å². The number of rotatable bonds is 4. The molecule has 252 valence electrons. The minimum absolute atomic E-state index is 0.587. The van der Waals surface area contributed by atoms with Crippen molar-refractivity contribution in [2.45, 2.75) is 34.6 Å². The maximum Gasteiger partial charge on any atom is 0.0998 e. The number of nitriles is 2. The predicted molar refractivity (Wildman–Crippen MR) is 219 cm³/mol. The van der Waals surface area contributed by atoms with Crippen molar-refractivity contribution in [2.75, 3.05) is 0 Å². The van der Waals surface area contributed by atoms with E-state index in [1.165, 1.54) is 43.8 Å². The first-order chi connectivity index (χ1) is 25.7. The van der Waals surface area contributed by atoms with Crippen molar-refractivity contribution in [3.05, 3.63) is 166 Å². The minimum atomic E-state index is 0.587. The van der Waals surface area contributed by atoms with Gasteiger partial charge in [0.2, 0.25) is 0 Å². The van der Waals surface area contributed by atoms with Gasteiger partial charge in [0.1, 0.15) is 0 Å². The van der Waals surface area contributed by atoms with Gasteiger partial charge in [-0.05, 0) is 130 Å². The molecule has 0 saturated carbocycles. The van der Waals surface area contributed by atoms with Gasteiger partial charge in [0.15, 0.2) is 0 Å². The third-order valence-corrected chi connectivity index (χ3v) is 10.7. The molecule has 0 aliphatic carbocycles. The molecule has 0 bridgehead atoms. The van der Waals surface area contributed by atoms with E-state index in [2.05, 4.69) is 159 Å². The summed E-state index contributed by atoms with van der Waals surface area (Å²) < 4.78 is 4.71. The molecule has 0 radical (unpaired) electrons. The summed E-state index contributed by atoms with van der Waals surface area (Å²) in [5.74, 6) is 0. The van der Waals surface area contributed by atoms with Crippen LogP contribution in [0.3, 0.4) is 0 Å². The summed E-state index contributed by atoms with van der Waals surface area (Å²) >= 11 is 0. The summed E-state index contributed by atoms with van der Waals surface area (Å²) in [7, 11) is 0. The molecule has 0 atom stereocenters. The van der Waals surface area contributed by atoms with Gasteiger partial charge in [-0.1, -0.05) is 70.8 Å². The van der Waals surface area contributed by atoms with Crippen molar-refractivity contribution in [1.29, 1.82) is 10.5 Å². The quantitative estimate of drug-likeness (QED) is 0.186. The number of aryl methyl sites for hydroxylation is 5. The van der Waals surface area contributed by atoms with E-state index in [0.717, 1.165) is 61.3 Å². The highest BCUT2D eigenvalue weighted by Crippen LogP contribution is 2.46. The normalized spacial score (nSPS) is 11.5. The standard InChI is InChI=1S/C49H36N4/c1-29-12-18-42-38(22-29)39-23-30(2)13-19-43(39)52(42)46-10-6-8-35(28-51)48(46)49-37(36-17-16-34(27-50)26-33(36)5)9-7-11-47(49)53-44-20-14-31(3)24-40(44)41-25-32(4)15-21-45(41)53/h6-26H,1-5H3. The van der Waals surface area contributed by atoms with E-state index < -0.39 is 0 Å². The molecule has 9 aromatic rings. The van der Waals surface area contributed by atoms with Crippen molar-refractivity contribution >= 4 is 43.6 Å². The lowest BCUT2D eigenvalue weighted by Crippen LogP contribution is -2.05. The van der Waals surface area contributed by atoms with Gasteiger partial charge in [-0.2, -0.15) is 10.5 Å². The minimum Gasteiger partial charge on any atom is -0.309 e. The predicted octanol–water partition coefficient (Wildman–Crippen LogP) is 12.5. The van der Waals surface area contributed by atoms with Gasteiger partial charge >= 0.3 is 0 Å². The number of hydrogen-bond acceptors (Lipinski definition) is 2. The second-order valence-corrected chi connectivity index (χ2v) is 14.4. The number of fused-ring (bicyclic) bond motifs is 6. The third-order valence-electron chi connectivity index (χ3n) is 10.7. The highest BCUT2D eigenvalue weighted by Gasteiger charge is 2.26. The molecule has 0 amide bonds. The van der Waals surface area contributed by atoms with Crippen molar-refractivity contribution in [1.82, 2.24) is 9.13 Å². The van der Waals surface area contributed by atoms with E-state index in [0.29, 0.717) is 11.1 Å². The zero-order valence-corrected chi connectivity index (χ0v) is 30.4. The first-order valence-electron chi connectivity index (χ1n) is 18.0. The first kappa shape index (κ1) is 32.1. The maximum absolute atomic E-state index is 11.0. The molecular formula is C49H36N4. The lowest BCUT2D eigenvalue weighted by molar-refractivity contribution is 1.16. The maximum atomic E-state index is 11.0. The van der Waals surface area contributed by atoms with E-state index in [9.17, 15) is 10.5 Å². The van der Waals surface area contributed by atoms with Gasteiger partial charge in [-0.15, -0.1) is 0 Å². The van der Waals surface area contributed by atoms with E-state index in [1.807, 2.05) is 24.3 Å². The zero-order chi connectivity index (χ0) is 36.5. The average molecular weight is 681 g/mol. The van der Waals surface area contributed by atoms with Crippen molar-refractivity contribution in [3.8, 4) is 45.8 Å². The topological polar surface area (TPSA) is 57.4 Å². The fourth-order valence-corrected chi connectivity index (χ4v) is 8.35. The van der Waals surface area contributed by atoms with Crippen LogP contribution in [0.15, 0.2) is 127 Å². The van der Waals surface area contributed by atoms with Crippen LogP contribution >= 0.6 is 0 Å². The molecule has 53 heavy (non-hydrogen) atoms. The summed E-state index contributed by atoms with van der Waals surface area (Å²) in [5, 5.41) is 25.5. The van der Waals surface area contributed by atoms with E-state index in [4.69, 9.17) is 0 Å². The molecule has 9 rings (SSSR count). The Morgan fingerprint density at radius 3 is 1.30 bits per heavy atom. The molecule has 0 aliphatic rings. The van der Waals surface area contributed by atoms with E-state index in [-0.39, 0.29) is 0 Å². The van der Waals surface area contributed by atoms with Crippen LogP contribution < -0.4 is 0 Å². The fraction of sp³-hybridized carbons (Fsp3) is 0.102. The monoisotopic (exact) mass is 680 g/mol. The summed E-state index contributed by atoms with van der Waals surface area (Å²) in [5.41, 5.74) is 17.1. The van der Waals surface area contributed by atoms with Crippen LogP contribution in [-0.2, 0) is 0 Å². The number of nitrogens with zero attached hydrogens (tertiary/aromatic N) is 4. The fourth-order valence-electron chi connectivity index (χ4n) is 8.35. The van der Waals surface area contributed by atoms with Gasteiger partial charge in [0.25, 0.3) is 0 Å². The molecule has 0 N–H and O–H groups in total. The van der Waals surface area contributed by atoms with Gasteiger partial charge < -0.3 is 9.13 Å². The van der Waals surface area contributed by atoms with Crippen molar-refractivity contribution in [3.63, 3.8) is 0 Å². The lowest BCUT2D eigenvalue weighted by atomic mass is 9.87. The molecule has 4 nitrogen and oxygen atoms in total. The summed E-state index contributed by atoms with van der Waals surface area (Å²) in [4.78, 5) is 0. The Balaban J connectivity index is 1.49. The van der Waals surface area contributed by atoms with E-state index >= 15 is 0 Å². The third kappa shape index (κ3) is 4.95. The SMILES string of the molecule is Cc1ccc2c(c1)c1cc(C)ccc1n2-c1cccc(C#N)c1-c1c(-c2ccc(C#N)cc2C)cccc1-n1c2ccc(C)cc2c2cc(C)ccc21. The Hall–Kier alpha value is -6.88. The van der Waals surface area contributed by atoms with Gasteiger partial charge in [0, 0.05) is 32.7 Å². The largest absolute Gasteiger partial charge is 0.309 e. The lowest BCUT2D eigenvalue weighted by Gasteiger charge is -2.23. The molecule has 0 saturated heterocycles. The summed E-state index contributed by atoms with van der Waals surface area (Å²) in [6.45, 7) is 10.6. The molecule has 2 aromatic heterocycles. The summed E-state index contributed by atoms with van der Waals surface area (Å²) in [6, 6.07) is 50.0. The van der Waals surface area contributed by atoms with Crippen LogP contribution in [-0.4, -0.2) is 9.13 Å². The van der Waals surface area contributed by atoms with Crippen molar-refractivity contribution < 1.29 is 0 Å². The van der Waals surface area contributed by atoms with Crippen LogP contribution in [0.25, 0.3) is 77.2 Å².